The van der Waals surface area contributed by atoms with Crippen molar-refractivity contribution in [1.29, 1.82) is 0 Å². The van der Waals surface area contributed by atoms with Crippen LogP contribution in [0.15, 0.2) is 67.0 Å². The lowest BCUT2D eigenvalue weighted by Gasteiger charge is -2.18. The number of nitrogens with one attached hydrogen (secondary N) is 1. The summed E-state index contributed by atoms with van der Waals surface area (Å²) in [7, 11) is 0. The molecule has 4 aromatic rings. The van der Waals surface area contributed by atoms with Crippen molar-refractivity contribution in [3.63, 3.8) is 0 Å². The van der Waals surface area contributed by atoms with Gasteiger partial charge in [-0.15, -0.1) is 0 Å². The number of aromatic nitrogens is 4. The molecule has 34 heavy (non-hydrogen) atoms. The van der Waals surface area contributed by atoms with Crippen LogP contribution < -0.4 is 10.2 Å². The van der Waals surface area contributed by atoms with E-state index in [1.807, 2.05) is 60.7 Å². The molecule has 0 saturated heterocycles. The number of carbonyl (C=O) groups is 1. The van der Waals surface area contributed by atoms with E-state index in [0.29, 0.717) is 44.0 Å². The summed E-state index contributed by atoms with van der Waals surface area (Å²) in [6.07, 6.45) is 1.94. The zero-order valence-corrected chi connectivity index (χ0v) is 19.1. The fourth-order valence-electron chi connectivity index (χ4n) is 3.22. The Morgan fingerprint density at radius 2 is 1.53 bits per heavy atom. The quantitative estimate of drug-likeness (QED) is 0.230. The first-order valence-electron chi connectivity index (χ1n) is 10.7. The lowest BCUT2D eigenvalue weighted by molar-refractivity contribution is -0.105. The van der Waals surface area contributed by atoms with Crippen molar-refractivity contribution in [2.24, 2.45) is 5.92 Å². The molecule has 0 unspecified atom stereocenters. The molecular formula is C24H24ClN5O4. The van der Waals surface area contributed by atoms with Gasteiger partial charge in [-0.2, -0.15) is 14.7 Å². The van der Waals surface area contributed by atoms with Crippen LogP contribution >= 0.6 is 11.6 Å². The molecule has 0 bridgehead atoms. The third-order valence-electron chi connectivity index (χ3n) is 4.89. The predicted octanol–water partition coefficient (Wildman–Crippen LogP) is 3.53. The number of fused-ring (bicyclic) bond motifs is 1. The standard InChI is InChI=1S/C24H24ClN5O4/c25-22-21-23(29-24(28-22)27-17-31)30(16-26-21)34-15-20(13-32-11-18-7-3-1-4-8-18)14-33-12-19-9-5-2-6-10-19/h1-10,16-17,20H,11-15H2,(H,27,28,29,31). The molecule has 0 aliphatic rings. The topological polar surface area (TPSA) is 100 Å². The molecule has 9 nitrogen and oxygen atoms in total. The van der Waals surface area contributed by atoms with E-state index in [0.717, 1.165) is 11.1 Å². The molecule has 2 aromatic carbocycles. The summed E-state index contributed by atoms with van der Waals surface area (Å²) in [5.41, 5.74) is 2.90. The van der Waals surface area contributed by atoms with E-state index in [1.54, 1.807) is 0 Å². The number of imidazole rings is 1. The highest BCUT2D eigenvalue weighted by Gasteiger charge is 2.16. The van der Waals surface area contributed by atoms with Gasteiger partial charge in [0, 0.05) is 5.92 Å². The number of benzene rings is 2. The Balaban J connectivity index is 1.39. The monoisotopic (exact) mass is 481 g/mol. The Bertz CT molecular complexity index is 1140. The molecule has 2 aromatic heterocycles. The van der Waals surface area contributed by atoms with Crippen LogP contribution in [0.4, 0.5) is 5.95 Å². The van der Waals surface area contributed by atoms with Crippen LogP contribution in [-0.4, -0.2) is 45.9 Å². The van der Waals surface area contributed by atoms with E-state index >= 15 is 0 Å². The van der Waals surface area contributed by atoms with Crippen molar-refractivity contribution in [1.82, 2.24) is 19.7 Å². The van der Waals surface area contributed by atoms with E-state index in [2.05, 4.69) is 20.3 Å². The lowest BCUT2D eigenvalue weighted by Crippen LogP contribution is -2.27. The maximum Gasteiger partial charge on any atom is 0.232 e. The summed E-state index contributed by atoms with van der Waals surface area (Å²) in [5, 5.41) is 2.50. The van der Waals surface area contributed by atoms with Gasteiger partial charge in [-0.3, -0.25) is 10.1 Å². The number of ether oxygens (including phenoxy) is 2. The lowest BCUT2D eigenvalue weighted by atomic mass is 10.2. The van der Waals surface area contributed by atoms with Gasteiger partial charge in [0.15, 0.2) is 5.15 Å². The fraction of sp³-hybridized carbons (Fsp3) is 0.250. The molecule has 2 heterocycles. The molecule has 10 heteroatoms. The van der Waals surface area contributed by atoms with Crippen molar-refractivity contribution >= 4 is 35.1 Å². The second-order valence-electron chi connectivity index (χ2n) is 7.51. The van der Waals surface area contributed by atoms with Crippen LogP contribution in [0.2, 0.25) is 5.15 Å². The van der Waals surface area contributed by atoms with Crippen LogP contribution in [-0.2, 0) is 27.5 Å². The Kier molecular flexibility index (Phi) is 8.39. The molecule has 0 aliphatic carbocycles. The Morgan fingerprint density at radius 3 is 2.12 bits per heavy atom. The van der Waals surface area contributed by atoms with Crippen molar-refractivity contribution < 1.29 is 19.1 Å². The van der Waals surface area contributed by atoms with E-state index in [-0.39, 0.29) is 23.6 Å². The van der Waals surface area contributed by atoms with Gasteiger partial charge in [0.05, 0.1) is 26.4 Å². The van der Waals surface area contributed by atoms with Crippen molar-refractivity contribution in [2.75, 3.05) is 25.1 Å². The fourth-order valence-corrected chi connectivity index (χ4v) is 3.44. The first kappa shape index (κ1) is 23.6. The van der Waals surface area contributed by atoms with Crippen molar-refractivity contribution in [2.45, 2.75) is 13.2 Å². The third kappa shape index (κ3) is 6.50. The number of halogens is 1. The van der Waals surface area contributed by atoms with Crippen LogP contribution in [0.3, 0.4) is 0 Å². The maximum absolute atomic E-state index is 10.7. The number of nitrogens with zero attached hydrogens (tertiary/aromatic N) is 4. The van der Waals surface area contributed by atoms with Crippen LogP contribution in [0.25, 0.3) is 11.2 Å². The van der Waals surface area contributed by atoms with Crippen LogP contribution in [0.5, 0.6) is 0 Å². The van der Waals surface area contributed by atoms with E-state index < -0.39 is 0 Å². The third-order valence-corrected chi connectivity index (χ3v) is 5.15. The highest BCUT2D eigenvalue weighted by Crippen LogP contribution is 2.20. The molecule has 4 rings (SSSR count). The van der Waals surface area contributed by atoms with Gasteiger partial charge in [-0.1, -0.05) is 72.3 Å². The van der Waals surface area contributed by atoms with Gasteiger partial charge in [0.2, 0.25) is 18.0 Å². The highest BCUT2D eigenvalue weighted by atomic mass is 35.5. The summed E-state index contributed by atoms with van der Waals surface area (Å²) in [6, 6.07) is 19.9. The Hall–Kier alpha value is -3.53. The number of anilines is 1. The van der Waals surface area contributed by atoms with Gasteiger partial charge in [-0.25, -0.2) is 4.98 Å². The molecular weight excluding hydrogens is 458 g/mol. The molecule has 0 aliphatic heterocycles. The number of hydrogen-bond acceptors (Lipinski definition) is 7. The predicted molar refractivity (Wildman–Crippen MR) is 127 cm³/mol. The second-order valence-corrected chi connectivity index (χ2v) is 7.86. The number of amides is 1. The summed E-state index contributed by atoms with van der Waals surface area (Å²) in [5.74, 6) is 0.00143. The highest BCUT2D eigenvalue weighted by molar-refractivity contribution is 6.33. The van der Waals surface area contributed by atoms with Gasteiger partial charge in [0.1, 0.15) is 18.5 Å². The molecule has 0 spiro atoms. The molecule has 0 fully saturated rings. The van der Waals surface area contributed by atoms with E-state index in [4.69, 9.17) is 25.9 Å². The van der Waals surface area contributed by atoms with Crippen LogP contribution in [0, 0.1) is 5.92 Å². The molecule has 1 N–H and O–H groups in total. The zero-order chi connectivity index (χ0) is 23.6. The van der Waals surface area contributed by atoms with Gasteiger partial charge >= 0.3 is 0 Å². The maximum atomic E-state index is 10.7. The molecule has 1 amide bonds. The number of rotatable bonds is 13. The molecule has 176 valence electrons. The van der Waals surface area contributed by atoms with Crippen molar-refractivity contribution in [3.05, 3.63) is 83.3 Å². The first-order chi connectivity index (χ1) is 16.7. The molecule has 0 radical (unpaired) electrons. The van der Waals surface area contributed by atoms with E-state index in [9.17, 15) is 4.79 Å². The smallest absolute Gasteiger partial charge is 0.232 e. The van der Waals surface area contributed by atoms with Gasteiger partial charge < -0.3 is 14.3 Å². The van der Waals surface area contributed by atoms with Gasteiger partial charge in [-0.05, 0) is 11.1 Å². The molecule has 0 atom stereocenters. The normalized spacial score (nSPS) is 11.1. The minimum Gasteiger partial charge on any atom is -0.410 e. The number of carbonyl (C=O) groups excluding carboxylic acids is 1. The average Bonchev–Trinajstić information content (AvgIpc) is 3.27. The Labute approximate surface area is 201 Å². The van der Waals surface area contributed by atoms with Crippen molar-refractivity contribution in [3.8, 4) is 0 Å². The average molecular weight is 482 g/mol. The summed E-state index contributed by atoms with van der Waals surface area (Å²) in [4.78, 5) is 29.1. The largest absolute Gasteiger partial charge is 0.410 e. The second kappa shape index (κ2) is 12.1. The minimum absolute atomic E-state index is 0.0604. The van der Waals surface area contributed by atoms with Crippen LogP contribution in [0.1, 0.15) is 11.1 Å². The summed E-state index contributed by atoms with van der Waals surface area (Å²) < 4.78 is 13.3. The Morgan fingerprint density at radius 1 is 0.912 bits per heavy atom. The SMILES string of the molecule is O=CNc1nc(Cl)c2ncn(OCC(COCc3ccccc3)COCc3ccccc3)c2n1. The zero-order valence-electron chi connectivity index (χ0n) is 18.3. The van der Waals surface area contributed by atoms with Gasteiger partial charge in [0.25, 0.3) is 0 Å². The number of hydrogen-bond donors (Lipinski definition) is 1. The first-order valence-corrected chi connectivity index (χ1v) is 11.1. The minimum atomic E-state index is -0.0604. The summed E-state index contributed by atoms with van der Waals surface area (Å²) in [6.45, 7) is 2.14. The van der Waals surface area contributed by atoms with E-state index in [1.165, 1.54) is 11.1 Å². The summed E-state index contributed by atoms with van der Waals surface area (Å²) >= 11 is 6.15. The molecule has 0 saturated carbocycles.